The van der Waals surface area contributed by atoms with E-state index in [9.17, 15) is 20.2 Å². The lowest BCUT2D eigenvalue weighted by molar-refractivity contribution is -0.384. The summed E-state index contributed by atoms with van der Waals surface area (Å²) in [5, 5.41) is 27.0. The lowest BCUT2D eigenvalue weighted by Gasteiger charge is -2.43. The van der Waals surface area contributed by atoms with Gasteiger partial charge in [0.15, 0.2) is 5.78 Å². The number of nitro groups is 1. The fourth-order valence-electron chi connectivity index (χ4n) is 5.43. The summed E-state index contributed by atoms with van der Waals surface area (Å²) >= 11 is 13.1. The third-order valence-corrected chi connectivity index (χ3v) is 7.69. The summed E-state index contributed by atoms with van der Waals surface area (Å²) in [7, 11) is 0. The van der Waals surface area contributed by atoms with Gasteiger partial charge >= 0.3 is 0 Å². The normalized spacial score (nSPS) is 18.7. The van der Waals surface area contributed by atoms with E-state index in [-0.39, 0.29) is 39.9 Å². The number of carbonyl (C=O) groups excluding carboxylic acids is 1. The molecule has 0 amide bonds. The van der Waals surface area contributed by atoms with Crippen LogP contribution >= 0.6 is 23.2 Å². The van der Waals surface area contributed by atoms with Crippen LogP contribution in [0.25, 0.3) is 5.69 Å². The van der Waals surface area contributed by atoms with Gasteiger partial charge in [-0.05, 0) is 49.1 Å². The number of anilines is 1. The monoisotopic (exact) mass is 562 g/mol. The molecule has 0 fully saturated rings. The Morgan fingerprint density at radius 1 is 1.15 bits per heavy atom. The van der Waals surface area contributed by atoms with Crippen LogP contribution in [0, 0.1) is 33.8 Å². The number of halogens is 2. The van der Waals surface area contributed by atoms with Gasteiger partial charge in [-0.2, -0.15) is 10.4 Å². The largest absolute Gasteiger partial charge is 0.384 e. The average Bonchev–Trinajstić information content (AvgIpc) is 3.16. The molecular formula is C28H24Cl2N6O3. The minimum absolute atomic E-state index is 0.0817. The number of aromatic nitrogens is 2. The first kappa shape index (κ1) is 26.5. The molecule has 0 radical (unpaired) electrons. The number of non-ortho nitro benzene ring substituents is 1. The van der Waals surface area contributed by atoms with E-state index < -0.39 is 10.8 Å². The van der Waals surface area contributed by atoms with Crippen molar-refractivity contribution in [3.05, 3.63) is 103 Å². The van der Waals surface area contributed by atoms with Gasteiger partial charge in [0.2, 0.25) is 0 Å². The van der Waals surface area contributed by atoms with Crippen LogP contribution in [0.5, 0.6) is 0 Å². The first-order valence-corrected chi connectivity index (χ1v) is 12.9. The van der Waals surface area contributed by atoms with Gasteiger partial charge in [0.05, 0.1) is 33.9 Å². The van der Waals surface area contributed by atoms with E-state index in [0.717, 1.165) is 0 Å². The minimum atomic E-state index is -0.830. The van der Waals surface area contributed by atoms with E-state index in [4.69, 9.17) is 28.9 Å². The number of hydrogen-bond donors (Lipinski definition) is 1. The highest BCUT2D eigenvalue weighted by Crippen LogP contribution is 2.52. The fraction of sp³-hybridized carbons (Fsp3) is 0.250. The van der Waals surface area contributed by atoms with Gasteiger partial charge in [-0.15, -0.1) is 0 Å². The van der Waals surface area contributed by atoms with Gasteiger partial charge in [0.1, 0.15) is 11.0 Å². The lowest BCUT2D eigenvalue weighted by Crippen LogP contribution is -2.42. The Kier molecular flexibility index (Phi) is 6.49. The van der Waals surface area contributed by atoms with Crippen LogP contribution in [0.2, 0.25) is 10.2 Å². The van der Waals surface area contributed by atoms with Crippen LogP contribution in [0.4, 0.5) is 11.4 Å². The molecule has 2 aromatic carbocycles. The highest BCUT2D eigenvalue weighted by Gasteiger charge is 2.46. The second-order valence-electron chi connectivity index (χ2n) is 10.4. The predicted molar refractivity (Wildman–Crippen MR) is 149 cm³/mol. The Balaban J connectivity index is 1.75. The van der Waals surface area contributed by atoms with E-state index in [0.29, 0.717) is 45.3 Å². The first-order valence-electron chi connectivity index (χ1n) is 12.1. The zero-order chi connectivity index (χ0) is 28.2. The molecular weight excluding hydrogens is 539 g/mol. The number of nitriles is 1. The lowest BCUT2D eigenvalue weighted by atomic mass is 9.68. The number of rotatable bonds is 4. The third kappa shape index (κ3) is 4.46. The smallest absolute Gasteiger partial charge is 0.269 e. The molecule has 0 bridgehead atoms. The fourth-order valence-corrected chi connectivity index (χ4v) is 6.00. The zero-order valence-electron chi connectivity index (χ0n) is 21.4. The number of Topliss-reactive ketones (excluding diaryl/α,β-unsaturated/α-hetero) is 1. The van der Waals surface area contributed by atoms with Gasteiger partial charge in [-0.1, -0.05) is 43.1 Å². The van der Waals surface area contributed by atoms with Crippen LogP contribution in [0.15, 0.2) is 71.2 Å². The minimum Gasteiger partial charge on any atom is -0.384 e. The van der Waals surface area contributed by atoms with Crippen molar-refractivity contribution in [1.29, 1.82) is 5.26 Å². The molecule has 1 aliphatic carbocycles. The number of nitro benzene ring substituents is 1. The van der Waals surface area contributed by atoms with E-state index >= 15 is 0 Å². The molecule has 1 aromatic heterocycles. The number of carbonyl (C=O) groups is 1. The number of ketones is 1. The summed E-state index contributed by atoms with van der Waals surface area (Å²) in [6.07, 6.45) is 0.758. The average molecular weight is 563 g/mol. The van der Waals surface area contributed by atoms with Crippen LogP contribution < -0.4 is 10.6 Å². The Bertz CT molecular complexity index is 1650. The highest BCUT2D eigenvalue weighted by molar-refractivity contribution is 6.31. The molecule has 3 aromatic rings. The molecule has 11 heteroatoms. The zero-order valence-corrected chi connectivity index (χ0v) is 22.9. The molecule has 2 aliphatic rings. The van der Waals surface area contributed by atoms with Crippen molar-refractivity contribution in [3.63, 3.8) is 0 Å². The maximum Gasteiger partial charge on any atom is 0.269 e. The molecule has 0 saturated carbocycles. The van der Waals surface area contributed by atoms with Gasteiger partial charge < -0.3 is 5.73 Å². The van der Waals surface area contributed by atoms with E-state index in [1.165, 1.54) is 16.8 Å². The second kappa shape index (κ2) is 9.56. The van der Waals surface area contributed by atoms with Gasteiger partial charge in [-0.25, -0.2) is 4.68 Å². The van der Waals surface area contributed by atoms with E-state index in [1.54, 1.807) is 48.2 Å². The maximum absolute atomic E-state index is 13.8. The number of benzene rings is 2. The predicted octanol–water partition coefficient (Wildman–Crippen LogP) is 6.34. The van der Waals surface area contributed by atoms with Crippen molar-refractivity contribution in [2.24, 2.45) is 11.1 Å². The number of allylic oxidation sites excluding steroid dienone is 3. The Morgan fingerprint density at radius 2 is 1.85 bits per heavy atom. The van der Waals surface area contributed by atoms with Gasteiger partial charge in [0.25, 0.3) is 5.69 Å². The molecule has 9 nitrogen and oxygen atoms in total. The van der Waals surface area contributed by atoms with Crippen LogP contribution in [0.1, 0.15) is 43.9 Å². The van der Waals surface area contributed by atoms with Crippen molar-refractivity contribution in [3.8, 4) is 11.8 Å². The topological polar surface area (TPSA) is 131 Å². The van der Waals surface area contributed by atoms with Gasteiger partial charge in [0, 0.05) is 46.1 Å². The van der Waals surface area contributed by atoms with Gasteiger partial charge in [-0.3, -0.25) is 19.8 Å². The quantitative estimate of drug-likeness (QED) is 0.290. The van der Waals surface area contributed by atoms with Crippen molar-refractivity contribution < 1.29 is 9.72 Å². The number of nitrogens with zero attached hydrogens (tertiary/aromatic N) is 5. The molecule has 1 atom stereocenters. The Hall–Kier alpha value is -4.13. The summed E-state index contributed by atoms with van der Waals surface area (Å²) in [6.45, 7) is 5.76. The Morgan fingerprint density at radius 3 is 2.46 bits per heavy atom. The SMILES string of the molecule is Cc1nn(-c2cccc(Cl)c2)c(Cl)c1C1C(C#N)=C(N)N(c2ccc([N+](=O)[O-])cc2)C2=C1C(=O)CC(C)(C)C2. The van der Waals surface area contributed by atoms with Crippen LogP contribution in [0.3, 0.4) is 0 Å². The summed E-state index contributed by atoms with van der Waals surface area (Å²) in [6, 6.07) is 15.1. The summed E-state index contributed by atoms with van der Waals surface area (Å²) in [5.41, 5.74) is 9.63. The van der Waals surface area contributed by atoms with E-state index in [1.807, 2.05) is 13.8 Å². The standard InChI is InChI=1S/C28H24Cl2N6O3/c1-15-23(26(30)35(33-15)19-6-4-5-16(29)11-19)24-20(14-31)27(32)34(17-7-9-18(10-8-17)36(38)39)21-12-28(2,3)13-22(37)25(21)24/h4-11,24H,12-13,32H2,1-3H3. The summed E-state index contributed by atoms with van der Waals surface area (Å²) in [4.78, 5) is 26.2. The van der Waals surface area contributed by atoms with Crippen molar-refractivity contribution in [1.82, 2.24) is 9.78 Å². The molecule has 2 heterocycles. The van der Waals surface area contributed by atoms with Crippen LogP contribution in [-0.2, 0) is 4.79 Å². The molecule has 5 rings (SSSR count). The number of nitrogens with two attached hydrogens (primary N) is 1. The molecule has 198 valence electrons. The van der Waals surface area contributed by atoms with Crippen LogP contribution in [-0.4, -0.2) is 20.5 Å². The molecule has 1 unspecified atom stereocenters. The van der Waals surface area contributed by atoms with E-state index in [2.05, 4.69) is 11.2 Å². The third-order valence-electron chi connectivity index (χ3n) is 7.09. The highest BCUT2D eigenvalue weighted by atomic mass is 35.5. The van der Waals surface area contributed by atoms with Crippen molar-refractivity contribution in [2.45, 2.75) is 39.5 Å². The Labute approximate surface area is 234 Å². The first-order chi connectivity index (χ1) is 18.4. The molecule has 2 N–H and O–H groups in total. The maximum atomic E-state index is 13.8. The second-order valence-corrected chi connectivity index (χ2v) is 11.2. The molecule has 39 heavy (non-hydrogen) atoms. The molecule has 0 saturated heterocycles. The summed E-state index contributed by atoms with van der Waals surface area (Å²) < 4.78 is 1.53. The number of hydrogen-bond acceptors (Lipinski definition) is 7. The molecule has 0 spiro atoms. The molecule has 1 aliphatic heterocycles. The number of aryl methyl sites for hydroxylation is 1. The summed E-state index contributed by atoms with van der Waals surface area (Å²) in [5.74, 6) is -0.820. The van der Waals surface area contributed by atoms with Crippen molar-refractivity contribution in [2.75, 3.05) is 4.90 Å². The van der Waals surface area contributed by atoms with Crippen molar-refractivity contribution >= 4 is 40.4 Å².